The first kappa shape index (κ1) is 16.3. The lowest BCUT2D eigenvalue weighted by Crippen LogP contribution is -2.31. The van der Waals surface area contributed by atoms with E-state index < -0.39 is 6.10 Å². The zero-order valence-corrected chi connectivity index (χ0v) is 13.8. The van der Waals surface area contributed by atoms with Gasteiger partial charge in [-0.15, -0.1) is 0 Å². The molecule has 0 aromatic heterocycles. The Labute approximate surface area is 138 Å². The second-order valence-electron chi connectivity index (χ2n) is 4.64. The third-order valence-electron chi connectivity index (χ3n) is 2.91. The zero-order chi connectivity index (χ0) is 15.1. The van der Waals surface area contributed by atoms with Crippen LogP contribution in [0.1, 0.15) is 5.56 Å². The van der Waals surface area contributed by atoms with E-state index in [-0.39, 0.29) is 6.61 Å². The highest BCUT2D eigenvalue weighted by atomic mass is 79.9. The van der Waals surface area contributed by atoms with E-state index >= 15 is 0 Å². The molecular weight excluding hydrogens is 354 g/mol. The van der Waals surface area contributed by atoms with Gasteiger partial charge in [0.05, 0.1) is 0 Å². The Kier molecular flexibility index (Phi) is 6.51. The summed E-state index contributed by atoms with van der Waals surface area (Å²) >= 11 is 9.29. The van der Waals surface area contributed by atoms with Crippen LogP contribution in [0.4, 0.5) is 0 Å². The molecule has 0 spiro atoms. The van der Waals surface area contributed by atoms with Crippen LogP contribution in [0.3, 0.4) is 0 Å². The number of hydrogen-bond acceptors (Lipinski definition) is 3. The molecule has 2 aromatic rings. The molecule has 3 nitrogen and oxygen atoms in total. The van der Waals surface area contributed by atoms with Crippen molar-refractivity contribution < 1.29 is 9.84 Å². The molecule has 0 amide bonds. The molecule has 2 aromatic carbocycles. The first-order chi connectivity index (χ1) is 10.1. The molecule has 0 aliphatic heterocycles. The van der Waals surface area contributed by atoms with E-state index in [0.29, 0.717) is 23.9 Å². The molecular formula is C16H17BrClNO2. The second-order valence-corrected chi connectivity index (χ2v) is 5.93. The van der Waals surface area contributed by atoms with E-state index in [4.69, 9.17) is 16.3 Å². The Morgan fingerprint density at radius 2 is 1.86 bits per heavy atom. The van der Waals surface area contributed by atoms with Crippen LogP contribution in [0, 0.1) is 0 Å². The van der Waals surface area contributed by atoms with Gasteiger partial charge in [-0.3, -0.25) is 0 Å². The molecule has 0 saturated heterocycles. The minimum absolute atomic E-state index is 0.241. The molecule has 2 rings (SSSR count). The van der Waals surface area contributed by atoms with Gasteiger partial charge >= 0.3 is 0 Å². The topological polar surface area (TPSA) is 41.5 Å². The summed E-state index contributed by atoms with van der Waals surface area (Å²) in [7, 11) is 0. The summed E-state index contributed by atoms with van der Waals surface area (Å²) in [6, 6.07) is 15.1. The molecule has 1 unspecified atom stereocenters. The average molecular weight is 371 g/mol. The fourth-order valence-electron chi connectivity index (χ4n) is 1.80. The van der Waals surface area contributed by atoms with Crippen molar-refractivity contribution in [3.63, 3.8) is 0 Å². The van der Waals surface area contributed by atoms with Crippen LogP contribution in [0.5, 0.6) is 5.75 Å². The fraction of sp³-hybridized carbons (Fsp3) is 0.250. The minimum atomic E-state index is -0.567. The standard InChI is InChI=1S/C16H17BrClNO2/c17-16-4-2-1-3-12(16)9-19-10-14(20)11-21-15-7-5-13(18)6-8-15/h1-8,14,19-20H,9-11H2. The molecule has 0 saturated carbocycles. The first-order valence-corrected chi connectivity index (χ1v) is 7.83. The van der Waals surface area contributed by atoms with E-state index in [1.807, 2.05) is 24.3 Å². The highest BCUT2D eigenvalue weighted by Crippen LogP contribution is 2.16. The smallest absolute Gasteiger partial charge is 0.119 e. The SMILES string of the molecule is OC(CNCc1ccccc1Br)COc1ccc(Cl)cc1. The third-order valence-corrected chi connectivity index (χ3v) is 3.93. The van der Waals surface area contributed by atoms with Crippen LogP contribution < -0.4 is 10.1 Å². The van der Waals surface area contributed by atoms with Crippen LogP contribution in [0.25, 0.3) is 0 Å². The van der Waals surface area contributed by atoms with Gasteiger partial charge in [-0.05, 0) is 35.9 Å². The summed E-state index contributed by atoms with van der Waals surface area (Å²) in [4.78, 5) is 0. The summed E-state index contributed by atoms with van der Waals surface area (Å²) in [5.41, 5.74) is 1.16. The van der Waals surface area contributed by atoms with Gasteiger partial charge in [0.2, 0.25) is 0 Å². The van der Waals surface area contributed by atoms with Gasteiger partial charge in [0.25, 0.3) is 0 Å². The van der Waals surface area contributed by atoms with Gasteiger partial charge in [0, 0.05) is 22.6 Å². The lowest BCUT2D eigenvalue weighted by Gasteiger charge is -2.13. The molecule has 0 radical (unpaired) electrons. The highest BCUT2D eigenvalue weighted by molar-refractivity contribution is 9.10. The van der Waals surface area contributed by atoms with Crippen molar-refractivity contribution in [2.45, 2.75) is 12.6 Å². The molecule has 0 bridgehead atoms. The monoisotopic (exact) mass is 369 g/mol. The van der Waals surface area contributed by atoms with E-state index in [1.165, 1.54) is 0 Å². The Morgan fingerprint density at radius 3 is 2.57 bits per heavy atom. The van der Waals surface area contributed by atoms with Crippen molar-refractivity contribution in [3.8, 4) is 5.75 Å². The maximum Gasteiger partial charge on any atom is 0.119 e. The number of aliphatic hydroxyl groups excluding tert-OH is 1. The van der Waals surface area contributed by atoms with Crippen LogP contribution in [0.15, 0.2) is 53.0 Å². The molecule has 0 aliphatic rings. The number of benzene rings is 2. The zero-order valence-electron chi connectivity index (χ0n) is 11.4. The molecule has 0 aliphatic carbocycles. The molecule has 21 heavy (non-hydrogen) atoms. The van der Waals surface area contributed by atoms with Crippen molar-refractivity contribution >= 4 is 27.5 Å². The lowest BCUT2D eigenvalue weighted by atomic mass is 10.2. The van der Waals surface area contributed by atoms with Gasteiger partial charge in [-0.2, -0.15) is 0 Å². The number of rotatable bonds is 7. The largest absolute Gasteiger partial charge is 0.491 e. The first-order valence-electron chi connectivity index (χ1n) is 6.65. The van der Waals surface area contributed by atoms with E-state index in [2.05, 4.69) is 21.2 Å². The van der Waals surface area contributed by atoms with E-state index in [9.17, 15) is 5.11 Å². The Hall–Kier alpha value is -1.07. The molecule has 2 N–H and O–H groups in total. The summed E-state index contributed by atoms with van der Waals surface area (Å²) in [6.45, 7) is 1.40. The van der Waals surface area contributed by atoms with Crippen molar-refractivity contribution in [2.24, 2.45) is 0 Å². The van der Waals surface area contributed by atoms with Gasteiger partial charge in [-0.25, -0.2) is 0 Å². The van der Waals surface area contributed by atoms with E-state index in [1.54, 1.807) is 24.3 Å². The molecule has 5 heteroatoms. The quantitative estimate of drug-likeness (QED) is 0.782. The Morgan fingerprint density at radius 1 is 1.14 bits per heavy atom. The Bertz CT molecular complexity index is 562. The number of hydrogen-bond donors (Lipinski definition) is 2. The summed E-state index contributed by atoms with van der Waals surface area (Å²) in [5.74, 6) is 0.698. The normalized spacial score (nSPS) is 12.1. The predicted octanol–water partition coefficient (Wildman–Crippen LogP) is 3.63. The van der Waals surface area contributed by atoms with E-state index in [0.717, 1.165) is 10.0 Å². The van der Waals surface area contributed by atoms with Gasteiger partial charge < -0.3 is 15.2 Å². The van der Waals surface area contributed by atoms with Crippen molar-refractivity contribution in [1.82, 2.24) is 5.32 Å². The van der Waals surface area contributed by atoms with Crippen molar-refractivity contribution in [3.05, 3.63) is 63.6 Å². The van der Waals surface area contributed by atoms with Crippen molar-refractivity contribution in [2.75, 3.05) is 13.2 Å². The fourth-order valence-corrected chi connectivity index (χ4v) is 2.35. The minimum Gasteiger partial charge on any atom is -0.491 e. The van der Waals surface area contributed by atoms with Gasteiger partial charge in [0.15, 0.2) is 0 Å². The number of aliphatic hydroxyl groups is 1. The van der Waals surface area contributed by atoms with Crippen molar-refractivity contribution in [1.29, 1.82) is 0 Å². The molecule has 0 heterocycles. The van der Waals surface area contributed by atoms with Crippen LogP contribution >= 0.6 is 27.5 Å². The third kappa shape index (κ3) is 5.67. The van der Waals surface area contributed by atoms with Crippen LogP contribution in [0.2, 0.25) is 5.02 Å². The summed E-state index contributed by atoms with van der Waals surface area (Å²) < 4.78 is 6.55. The van der Waals surface area contributed by atoms with Gasteiger partial charge in [-0.1, -0.05) is 45.7 Å². The number of halogens is 2. The van der Waals surface area contributed by atoms with Crippen LogP contribution in [-0.2, 0) is 6.54 Å². The molecule has 1 atom stereocenters. The molecule has 112 valence electrons. The number of nitrogens with one attached hydrogen (secondary N) is 1. The van der Waals surface area contributed by atoms with Crippen LogP contribution in [-0.4, -0.2) is 24.4 Å². The van der Waals surface area contributed by atoms with Gasteiger partial charge in [0.1, 0.15) is 18.5 Å². The Balaban J connectivity index is 1.69. The predicted molar refractivity (Wildman–Crippen MR) is 88.8 cm³/mol. The maximum atomic E-state index is 9.89. The molecule has 0 fully saturated rings. The lowest BCUT2D eigenvalue weighted by molar-refractivity contribution is 0.106. The summed E-state index contributed by atoms with van der Waals surface area (Å²) in [6.07, 6.45) is -0.567. The summed E-state index contributed by atoms with van der Waals surface area (Å²) in [5, 5.41) is 13.8. The average Bonchev–Trinajstić information content (AvgIpc) is 2.49. The maximum absolute atomic E-state index is 9.89. The highest BCUT2D eigenvalue weighted by Gasteiger charge is 2.06. The number of ether oxygens (including phenoxy) is 1. The second kappa shape index (κ2) is 8.39.